The van der Waals surface area contributed by atoms with Gasteiger partial charge in [0.1, 0.15) is 6.54 Å². The van der Waals surface area contributed by atoms with E-state index in [4.69, 9.17) is 4.74 Å². The van der Waals surface area contributed by atoms with E-state index in [1.807, 2.05) is 50.2 Å². The van der Waals surface area contributed by atoms with Gasteiger partial charge in [-0.2, -0.15) is 0 Å². The van der Waals surface area contributed by atoms with Gasteiger partial charge in [-0.3, -0.25) is 14.5 Å². The molecule has 0 radical (unpaired) electrons. The highest BCUT2D eigenvalue weighted by Gasteiger charge is 2.17. The summed E-state index contributed by atoms with van der Waals surface area (Å²) in [4.78, 5) is 30.0. The van der Waals surface area contributed by atoms with E-state index in [0.717, 1.165) is 27.6 Å². The molecule has 0 unspecified atom stereocenters. The van der Waals surface area contributed by atoms with Gasteiger partial charge in [0.25, 0.3) is 5.56 Å². The molecule has 9 heteroatoms. The second kappa shape index (κ2) is 10.4. The van der Waals surface area contributed by atoms with Crippen molar-refractivity contribution in [2.24, 2.45) is 0 Å². The minimum Gasteiger partial charge on any atom is -0.465 e. The Labute approximate surface area is 197 Å². The number of nitrogens with one attached hydrogen (secondary N) is 1. The van der Waals surface area contributed by atoms with Crippen LogP contribution in [-0.2, 0) is 35.7 Å². The Balaban J connectivity index is 1.64. The van der Waals surface area contributed by atoms with E-state index in [1.165, 1.54) is 4.68 Å². The third kappa shape index (κ3) is 5.55. The Morgan fingerprint density at radius 1 is 1.09 bits per heavy atom. The molecule has 4 rings (SSSR count). The summed E-state index contributed by atoms with van der Waals surface area (Å²) in [5, 5.41) is 12.8. The van der Waals surface area contributed by atoms with E-state index in [2.05, 4.69) is 37.5 Å². The van der Waals surface area contributed by atoms with Crippen LogP contribution in [0.2, 0.25) is 0 Å². The summed E-state index contributed by atoms with van der Waals surface area (Å²) in [7, 11) is 0. The average molecular weight is 461 g/mol. The van der Waals surface area contributed by atoms with Crippen molar-refractivity contribution in [2.45, 2.75) is 47.0 Å². The van der Waals surface area contributed by atoms with Crippen LogP contribution in [0.1, 0.15) is 35.0 Å². The molecule has 0 bridgehead atoms. The predicted octanol–water partition coefficient (Wildman–Crippen LogP) is 2.90. The first-order valence-electron chi connectivity index (χ1n) is 11.2. The number of carbonyl (C=O) groups is 1. The molecule has 0 fully saturated rings. The van der Waals surface area contributed by atoms with E-state index >= 15 is 0 Å². The lowest BCUT2D eigenvalue weighted by Gasteiger charge is -2.22. The number of aromatic amines is 1. The van der Waals surface area contributed by atoms with E-state index < -0.39 is 5.97 Å². The molecule has 9 nitrogen and oxygen atoms in total. The van der Waals surface area contributed by atoms with Crippen LogP contribution >= 0.6 is 0 Å². The molecule has 0 atom stereocenters. The Bertz CT molecular complexity index is 1350. The fourth-order valence-electron chi connectivity index (χ4n) is 4.09. The first-order valence-corrected chi connectivity index (χ1v) is 11.2. The topological polar surface area (TPSA) is 106 Å². The zero-order chi connectivity index (χ0) is 24.1. The normalized spacial score (nSPS) is 11.3. The van der Waals surface area contributed by atoms with Crippen molar-refractivity contribution in [3.05, 3.63) is 87.0 Å². The second-order valence-corrected chi connectivity index (χ2v) is 8.36. The number of ether oxygens (including phenoxy) is 1. The summed E-state index contributed by atoms with van der Waals surface area (Å²) in [6.07, 6.45) is 0. The number of rotatable bonds is 9. The van der Waals surface area contributed by atoms with Gasteiger partial charge in [-0.15, -0.1) is 5.10 Å². The smallest absolute Gasteiger partial charge is 0.327 e. The third-order valence-corrected chi connectivity index (χ3v) is 5.57. The summed E-state index contributed by atoms with van der Waals surface area (Å²) < 4.78 is 6.47. The first-order chi connectivity index (χ1) is 16.4. The monoisotopic (exact) mass is 460 g/mol. The first kappa shape index (κ1) is 23.3. The largest absolute Gasteiger partial charge is 0.465 e. The van der Waals surface area contributed by atoms with E-state index in [0.29, 0.717) is 37.6 Å². The van der Waals surface area contributed by atoms with Crippen LogP contribution in [0, 0.1) is 13.8 Å². The highest BCUT2D eigenvalue weighted by Crippen LogP contribution is 2.19. The van der Waals surface area contributed by atoms with Gasteiger partial charge in [-0.1, -0.05) is 42.0 Å². The third-order valence-electron chi connectivity index (χ3n) is 5.57. The van der Waals surface area contributed by atoms with Crippen molar-refractivity contribution >= 4 is 16.9 Å². The minimum atomic E-state index is -0.401. The highest BCUT2D eigenvalue weighted by atomic mass is 16.5. The standard InChI is InChI=1S/C25H28N6O3/c1-4-34-23(32)16-31-22(27-28-29-31)15-30(13-19-8-6-5-7-9-19)14-21-12-20-11-17(2)10-18(3)24(20)26-25(21)33/h5-12H,4,13-16H2,1-3H3,(H,26,33). The lowest BCUT2D eigenvalue weighted by molar-refractivity contribution is -0.144. The molecule has 34 heavy (non-hydrogen) atoms. The molecular weight excluding hydrogens is 432 g/mol. The molecule has 0 saturated heterocycles. The quantitative estimate of drug-likeness (QED) is 0.383. The van der Waals surface area contributed by atoms with Crippen LogP contribution in [0.15, 0.2) is 53.3 Å². The maximum Gasteiger partial charge on any atom is 0.327 e. The second-order valence-electron chi connectivity index (χ2n) is 8.36. The molecule has 0 spiro atoms. The van der Waals surface area contributed by atoms with Gasteiger partial charge in [0, 0.05) is 18.7 Å². The summed E-state index contributed by atoms with van der Waals surface area (Å²) in [5.41, 5.74) is 4.66. The molecule has 176 valence electrons. The summed E-state index contributed by atoms with van der Waals surface area (Å²) in [6.45, 7) is 7.34. The van der Waals surface area contributed by atoms with Crippen LogP contribution in [0.3, 0.4) is 0 Å². The lowest BCUT2D eigenvalue weighted by atomic mass is 10.0. The number of pyridine rings is 1. The van der Waals surface area contributed by atoms with Gasteiger partial charge in [0.2, 0.25) is 0 Å². The Kier molecular flexibility index (Phi) is 7.12. The molecule has 2 aromatic heterocycles. The fraction of sp³-hybridized carbons (Fsp3) is 0.320. The Hall–Kier alpha value is -3.85. The zero-order valence-electron chi connectivity index (χ0n) is 19.6. The number of tetrazole rings is 1. The van der Waals surface area contributed by atoms with Gasteiger partial charge in [-0.05, 0) is 59.8 Å². The molecule has 0 amide bonds. The van der Waals surface area contributed by atoms with Gasteiger partial charge < -0.3 is 9.72 Å². The van der Waals surface area contributed by atoms with Gasteiger partial charge in [-0.25, -0.2) is 4.68 Å². The Morgan fingerprint density at radius 3 is 2.65 bits per heavy atom. The van der Waals surface area contributed by atoms with Crippen molar-refractivity contribution in [2.75, 3.05) is 6.61 Å². The van der Waals surface area contributed by atoms with Crippen molar-refractivity contribution in [3.8, 4) is 0 Å². The maximum atomic E-state index is 13.0. The number of benzene rings is 2. The summed E-state index contributed by atoms with van der Waals surface area (Å²) in [6, 6.07) is 16.1. The van der Waals surface area contributed by atoms with Crippen molar-refractivity contribution in [1.29, 1.82) is 0 Å². The average Bonchev–Trinajstić information content (AvgIpc) is 3.22. The van der Waals surface area contributed by atoms with Crippen LogP contribution in [0.4, 0.5) is 0 Å². The molecule has 0 aliphatic rings. The van der Waals surface area contributed by atoms with Crippen LogP contribution in [-0.4, -0.2) is 42.7 Å². The SMILES string of the molecule is CCOC(=O)Cn1nnnc1CN(Cc1ccccc1)Cc1cc2cc(C)cc(C)c2[nH]c1=O. The summed E-state index contributed by atoms with van der Waals surface area (Å²) >= 11 is 0. The number of carbonyl (C=O) groups excluding carboxylic acids is 1. The van der Waals surface area contributed by atoms with E-state index in [1.54, 1.807) is 6.92 Å². The van der Waals surface area contributed by atoms with Crippen molar-refractivity contribution in [3.63, 3.8) is 0 Å². The van der Waals surface area contributed by atoms with Crippen LogP contribution in [0.25, 0.3) is 10.9 Å². The van der Waals surface area contributed by atoms with Crippen molar-refractivity contribution < 1.29 is 9.53 Å². The zero-order valence-corrected chi connectivity index (χ0v) is 19.6. The van der Waals surface area contributed by atoms with Gasteiger partial charge >= 0.3 is 5.97 Å². The van der Waals surface area contributed by atoms with E-state index in [-0.39, 0.29) is 12.1 Å². The summed E-state index contributed by atoms with van der Waals surface area (Å²) in [5.74, 6) is 0.121. The molecule has 2 heterocycles. The fourth-order valence-corrected chi connectivity index (χ4v) is 4.09. The predicted molar refractivity (Wildman–Crippen MR) is 128 cm³/mol. The molecule has 0 aliphatic carbocycles. The molecule has 0 saturated carbocycles. The number of hydrogen-bond acceptors (Lipinski definition) is 7. The van der Waals surface area contributed by atoms with Crippen molar-refractivity contribution in [1.82, 2.24) is 30.1 Å². The number of fused-ring (bicyclic) bond motifs is 1. The Morgan fingerprint density at radius 2 is 1.88 bits per heavy atom. The molecule has 1 N–H and O–H groups in total. The maximum absolute atomic E-state index is 13.0. The number of H-pyrrole nitrogens is 1. The lowest BCUT2D eigenvalue weighted by Crippen LogP contribution is -2.28. The number of hydrogen-bond donors (Lipinski definition) is 1. The minimum absolute atomic E-state index is 0.0650. The number of nitrogens with zero attached hydrogens (tertiary/aromatic N) is 5. The van der Waals surface area contributed by atoms with E-state index in [9.17, 15) is 9.59 Å². The molecule has 4 aromatic rings. The van der Waals surface area contributed by atoms with Crippen LogP contribution < -0.4 is 5.56 Å². The number of aryl methyl sites for hydroxylation is 2. The van der Waals surface area contributed by atoms with Crippen LogP contribution in [0.5, 0.6) is 0 Å². The molecule has 2 aromatic carbocycles. The highest BCUT2D eigenvalue weighted by molar-refractivity contribution is 5.82. The number of esters is 1. The van der Waals surface area contributed by atoms with Gasteiger partial charge in [0.15, 0.2) is 5.82 Å². The molecular formula is C25H28N6O3. The van der Waals surface area contributed by atoms with Gasteiger partial charge in [0.05, 0.1) is 18.7 Å². The molecule has 0 aliphatic heterocycles. The number of aromatic nitrogens is 5.